The van der Waals surface area contributed by atoms with Gasteiger partial charge in [-0.1, -0.05) is 5.16 Å². The minimum atomic E-state index is -3.60. The number of rotatable bonds is 7. The number of halogens is 1. The maximum absolute atomic E-state index is 14.3. The van der Waals surface area contributed by atoms with Crippen molar-refractivity contribution in [3.05, 3.63) is 41.8 Å². The summed E-state index contributed by atoms with van der Waals surface area (Å²) in [5, 5.41) is 11.3. The second-order valence-corrected chi connectivity index (χ2v) is 7.44. The predicted molar refractivity (Wildman–Crippen MR) is 95.8 cm³/mol. The average Bonchev–Trinajstić information content (AvgIpc) is 3.05. The topological polar surface area (TPSA) is 129 Å². The van der Waals surface area contributed by atoms with Crippen LogP contribution in [0.5, 0.6) is 11.6 Å². The molecule has 0 atom stereocenters. The molecular weight excluding hydrogens is 393 g/mol. The Morgan fingerprint density at radius 3 is 2.68 bits per heavy atom. The average molecular weight is 409 g/mol. The molecule has 0 saturated carbocycles. The molecule has 0 aliphatic carbocycles. The monoisotopic (exact) mass is 409 g/mol. The molecule has 2 heterocycles. The summed E-state index contributed by atoms with van der Waals surface area (Å²) < 4.78 is 55.1. The Bertz CT molecular complexity index is 1100. The summed E-state index contributed by atoms with van der Waals surface area (Å²) >= 11 is 0. The number of benzene rings is 1. The molecule has 0 radical (unpaired) electrons. The summed E-state index contributed by atoms with van der Waals surface area (Å²) in [4.78, 5) is 4.01. The van der Waals surface area contributed by atoms with Crippen LogP contribution in [0.25, 0.3) is 11.3 Å². The lowest BCUT2D eigenvalue weighted by molar-refractivity contribution is 0.242. The highest BCUT2D eigenvalue weighted by atomic mass is 32.2. The summed E-state index contributed by atoms with van der Waals surface area (Å²) in [7, 11) is -2.29. The molecule has 0 aliphatic rings. The number of ether oxygens (including phenoxy) is 2. The fourth-order valence-corrected chi connectivity index (χ4v) is 2.82. The van der Waals surface area contributed by atoms with Crippen LogP contribution in [0.4, 0.5) is 10.1 Å². The van der Waals surface area contributed by atoms with Crippen molar-refractivity contribution in [1.82, 2.24) is 20.3 Å². The third-order valence-electron chi connectivity index (χ3n) is 3.39. The lowest BCUT2D eigenvalue weighted by Crippen LogP contribution is -2.12. The maximum atomic E-state index is 14.3. The van der Waals surface area contributed by atoms with E-state index in [9.17, 15) is 12.8 Å². The van der Waals surface area contributed by atoms with E-state index in [1.165, 1.54) is 31.4 Å². The number of sulfonamides is 1. The van der Waals surface area contributed by atoms with E-state index in [4.69, 9.17) is 14.0 Å². The van der Waals surface area contributed by atoms with Crippen molar-refractivity contribution in [3.8, 4) is 22.9 Å². The van der Waals surface area contributed by atoms with E-state index in [1.807, 2.05) is 0 Å². The number of nitrogens with zero attached hydrogens (tertiary/aromatic N) is 4. The second kappa shape index (κ2) is 7.76. The van der Waals surface area contributed by atoms with Gasteiger partial charge in [0, 0.05) is 5.56 Å². The van der Waals surface area contributed by atoms with Crippen LogP contribution in [0.1, 0.15) is 11.7 Å². The van der Waals surface area contributed by atoms with Crippen LogP contribution in [0.15, 0.2) is 28.8 Å². The van der Waals surface area contributed by atoms with E-state index in [0.717, 1.165) is 6.26 Å². The Morgan fingerprint density at radius 1 is 1.25 bits per heavy atom. The lowest BCUT2D eigenvalue weighted by atomic mass is 10.1. The highest BCUT2D eigenvalue weighted by Gasteiger charge is 2.16. The number of hydrogen-bond acceptors (Lipinski definition) is 9. The summed E-state index contributed by atoms with van der Waals surface area (Å²) in [6.45, 7) is 1.68. The van der Waals surface area contributed by atoms with Crippen molar-refractivity contribution >= 4 is 15.7 Å². The highest BCUT2D eigenvalue weighted by molar-refractivity contribution is 7.92. The minimum absolute atomic E-state index is 0.00108. The van der Waals surface area contributed by atoms with Crippen molar-refractivity contribution in [2.45, 2.75) is 13.5 Å². The van der Waals surface area contributed by atoms with Gasteiger partial charge in [0.05, 0.1) is 19.1 Å². The summed E-state index contributed by atoms with van der Waals surface area (Å²) in [6.07, 6.45) is 0.973. The van der Waals surface area contributed by atoms with Crippen LogP contribution in [0.2, 0.25) is 0 Å². The molecule has 0 saturated heterocycles. The SMILES string of the molecule is COc1nnc(-c2cc(OCc3nc(C)no3)ccc2F)cc1NS(C)(=O)=O. The molecule has 0 amide bonds. The van der Waals surface area contributed by atoms with Gasteiger partial charge in [-0.25, -0.2) is 12.8 Å². The minimum Gasteiger partial charge on any atom is -0.484 e. The van der Waals surface area contributed by atoms with E-state index < -0.39 is 15.8 Å². The Balaban J connectivity index is 1.90. The zero-order valence-electron chi connectivity index (χ0n) is 15.1. The van der Waals surface area contributed by atoms with E-state index in [1.54, 1.807) is 6.92 Å². The normalized spacial score (nSPS) is 11.3. The quantitative estimate of drug-likeness (QED) is 0.622. The van der Waals surface area contributed by atoms with Gasteiger partial charge in [0.15, 0.2) is 12.4 Å². The first-order valence-corrected chi connectivity index (χ1v) is 9.75. The Kier molecular flexibility index (Phi) is 5.40. The molecule has 12 heteroatoms. The largest absolute Gasteiger partial charge is 0.484 e. The smallest absolute Gasteiger partial charge is 0.264 e. The first-order chi connectivity index (χ1) is 13.2. The number of aromatic nitrogens is 4. The van der Waals surface area contributed by atoms with Crippen LogP contribution in [-0.2, 0) is 16.6 Å². The number of hydrogen-bond donors (Lipinski definition) is 1. The number of nitrogens with one attached hydrogen (secondary N) is 1. The fraction of sp³-hybridized carbons (Fsp3) is 0.250. The van der Waals surface area contributed by atoms with Crippen LogP contribution < -0.4 is 14.2 Å². The van der Waals surface area contributed by atoms with Crippen LogP contribution in [-0.4, -0.2) is 42.1 Å². The molecule has 3 aromatic rings. The number of anilines is 1. The molecule has 0 bridgehead atoms. The van der Waals surface area contributed by atoms with Gasteiger partial charge in [-0.15, -0.1) is 10.2 Å². The third-order valence-corrected chi connectivity index (χ3v) is 3.99. The van der Waals surface area contributed by atoms with Gasteiger partial charge in [-0.3, -0.25) is 4.72 Å². The molecule has 0 spiro atoms. The van der Waals surface area contributed by atoms with Crippen LogP contribution in [0.3, 0.4) is 0 Å². The highest BCUT2D eigenvalue weighted by Crippen LogP contribution is 2.30. The Morgan fingerprint density at radius 2 is 2.04 bits per heavy atom. The summed E-state index contributed by atoms with van der Waals surface area (Å²) in [5.74, 6) is 0.423. The van der Waals surface area contributed by atoms with Gasteiger partial charge in [-0.2, -0.15) is 4.98 Å². The first-order valence-electron chi connectivity index (χ1n) is 7.86. The standard InChI is InChI=1S/C16H16FN5O5S/c1-9-18-15(27-21-9)8-26-10-4-5-12(17)11(6-10)13-7-14(22-28(3,23)24)16(25-2)20-19-13/h4-7H,8H2,1-3H3,(H,19,22). The second-order valence-electron chi connectivity index (χ2n) is 5.69. The van der Waals surface area contributed by atoms with Gasteiger partial charge >= 0.3 is 0 Å². The lowest BCUT2D eigenvalue weighted by Gasteiger charge is -2.11. The molecule has 10 nitrogen and oxygen atoms in total. The third kappa shape index (κ3) is 4.71. The molecule has 28 heavy (non-hydrogen) atoms. The predicted octanol–water partition coefficient (Wildman–Crippen LogP) is 1.93. The van der Waals surface area contributed by atoms with Crippen molar-refractivity contribution in [2.75, 3.05) is 18.1 Å². The van der Waals surface area contributed by atoms with Gasteiger partial charge < -0.3 is 14.0 Å². The molecule has 1 N–H and O–H groups in total. The van der Waals surface area contributed by atoms with Gasteiger partial charge in [0.25, 0.3) is 11.8 Å². The fourth-order valence-electron chi connectivity index (χ4n) is 2.27. The van der Waals surface area contributed by atoms with Crippen LogP contribution >= 0.6 is 0 Å². The molecule has 2 aromatic heterocycles. The summed E-state index contributed by atoms with van der Waals surface area (Å²) in [6, 6.07) is 5.34. The Labute approximate surface area is 159 Å². The van der Waals surface area contributed by atoms with Crippen LogP contribution in [0, 0.1) is 12.7 Å². The zero-order valence-corrected chi connectivity index (χ0v) is 15.9. The number of methoxy groups -OCH3 is 1. The Hall–Kier alpha value is -3.28. The molecule has 0 aliphatic heterocycles. The van der Waals surface area contributed by atoms with Crippen molar-refractivity contribution in [2.24, 2.45) is 0 Å². The van der Waals surface area contributed by atoms with Crippen molar-refractivity contribution < 1.29 is 26.8 Å². The van der Waals surface area contributed by atoms with E-state index in [2.05, 4.69) is 25.1 Å². The molecular formula is C16H16FN5O5S. The van der Waals surface area contributed by atoms with E-state index >= 15 is 0 Å². The molecule has 0 unspecified atom stereocenters. The van der Waals surface area contributed by atoms with Gasteiger partial charge in [0.1, 0.15) is 17.3 Å². The molecule has 3 rings (SSSR count). The number of aryl methyl sites for hydroxylation is 1. The molecule has 1 aromatic carbocycles. The van der Waals surface area contributed by atoms with Crippen molar-refractivity contribution in [1.29, 1.82) is 0 Å². The summed E-state index contributed by atoms with van der Waals surface area (Å²) in [5.41, 5.74) is 0.177. The van der Waals surface area contributed by atoms with Crippen molar-refractivity contribution in [3.63, 3.8) is 0 Å². The molecule has 148 valence electrons. The molecule has 0 fully saturated rings. The van der Waals surface area contributed by atoms with Gasteiger partial charge in [-0.05, 0) is 31.2 Å². The van der Waals surface area contributed by atoms with Gasteiger partial charge in [0.2, 0.25) is 10.0 Å². The zero-order chi connectivity index (χ0) is 20.3. The first kappa shape index (κ1) is 19.5. The van der Waals surface area contributed by atoms with E-state index in [0.29, 0.717) is 11.6 Å². The van der Waals surface area contributed by atoms with E-state index in [-0.39, 0.29) is 35.3 Å². The maximum Gasteiger partial charge on any atom is 0.264 e.